The first-order valence-corrected chi connectivity index (χ1v) is 9.10. The van der Waals surface area contributed by atoms with Crippen LogP contribution in [0.2, 0.25) is 5.02 Å². The van der Waals surface area contributed by atoms with Crippen LogP contribution in [0.5, 0.6) is 0 Å². The van der Waals surface area contributed by atoms with Crippen LogP contribution in [0.15, 0.2) is 53.1 Å². The van der Waals surface area contributed by atoms with Gasteiger partial charge < -0.3 is 9.84 Å². The minimum Gasteiger partial charge on any atom is -0.340 e. The standard InChI is InChI=1S/C20H17ClF3N3O2/c1-11(2)16(19-26-17(27-29-19)12-5-9-15(21)10-6-12)25-18(28)13-3-7-14(8-4-13)20(22,23)24/h3-11,16H,1-2H3,(H,25,28). The van der Waals surface area contributed by atoms with Gasteiger partial charge in [0.05, 0.1) is 5.56 Å². The summed E-state index contributed by atoms with van der Waals surface area (Å²) in [6, 6.07) is 10.2. The number of hydrogen-bond donors (Lipinski definition) is 1. The summed E-state index contributed by atoms with van der Waals surface area (Å²) in [5.41, 5.74) is -0.0268. The fourth-order valence-electron chi connectivity index (χ4n) is 2.63. The first kappa shape index (κ1) is 20.9. The third-order valence-corrected chi connectivity index (χ3v) is 4.49. The van der Waals surface area contributed by atoms with Crippen LogP contribution in [-0.4, -0.2) is 16.0 Å². The van der Waals surface area contributed by atoms with Gasteiger partial charge in [0.1, 0.15) is 6.04 Å². The Morgan fingerprint density at radius 3 is 2.24 bits per heavy atom. The molecular formula is C20H17ClF3N3O2. The number of aromatic nitrogens is 2. The summed E-state index contributed by atoms with van der Waals surface area (Å²) in [6.45, 7) is 3.70. The summed E-state index contributed by atoms with van der Waals surface area (Å²) >= 11 is 5.87. The fraction of sp³-hybridized carbons (Fsp3) is 0.250. The van der Waals surface area contributed by atoms with Crippen LogP contribution < -0.4 is 5.32 Å². The lowest BCUT2D eigenvalue weighted by atomic mass is 10.0. The Kier molecular flexibility index (Phi) is 5.93. The molecule has 0 aliphatic carbocycles. The number of halogens is 4. The second kappa shape index (κ2) is 8.24. The molecular weight excluding hydrogens is 407 g/mol. The van der Waals surface area contributed by atoms with Crippen molar-refractivity contribution in [1.29, 1.82) is 0 Å². The van der Waals surface area contributed by atoms with Crippen molar-refractivity contribution in [1.82, 2.24) is 15.5 Å². The van der Waals surface area contributed by atoms with Crippen LogP contribution in [0.25, 0.3) is 11.4 Å². The molecule has 0 spiro atoms. The first-order chi connectivity index (χ1) is 13.6. The largest absolute Gasteiger partial charge is 0.416 e. The van der Waals surface area contributed by atoms with Crippen molar-refractivity contribution in [2.75, 3.05) is 0 Å². The van der Waals surface area contributed by atoms with E-state index in [1.165, 1.54) is 0 Å². The molecule has 0 aliphatic heterocycles. The summed E-state index contributed by atoms with van der Waals surface area (Å²) in [7, 11) is 0. The molecule has 0 radical (unpaired) electrons. The zero-order valence-corrected chi connectivity index (χ0v) is 16.3. The van der Waals surface area contributed by atoms with E-state index in [1.807, 2.05) is 13.8 Å². The highest BCUT2D eigenvalue weighted by Crippen LogP contribution is 2.29. The second-order valence-corrected chi connectivity index (χ2v) is 7.17. The third-order valence-electron chi connectivity index (χ3n) is 4.24. The second-order valence-electron chi connectivity index (χ2n) is 6.73. The number of nitrogens with zero attached hydrogens (tertiary/aromatic N) is 2. The molecule has 1 unspecified atom stereocenters. The zero-order valence-electron chi connectivity index (χ0n) is 15.5. The van der Waals surface area contributed by atoms with E-state index in [0.717, 1.165) is 24.3 Å². The number of rotatable bonds is 5. The maximum Gasteiger partial charge on any atom is 0.416 e. The monoisotopic (exact) mass is 423 g/mol. The molecule has 0 bridgehead atoms. The maximum atomic E-state index is 12.7. The summed E-state index contributed by atoms with van der Waals surface area (Å²) in [6.07, 6.45) is -4.46. The van der Waals surface area contributed by atoms with E-state index < -0.39 is 23.7 Å². The summed E-state index contributed by atoms with van der Waals surface area (Å²) in [5.74, 6) is -0.105. The Labute approximate surface area is 169 Å². The average Bonchev–Trinajstić information content (AvgIpc) is 3.15. The van der Waals surface area contributed by atoms with Gasteiger partial charge in [0.25, 0.3) is 5.91 Å². The van der Waals surface area contributed by atoms with Crippen molar-refractivity contribution in [2.24, 2.45) is 5.92 Å². The van der Waals surface area contributed by atoms with Crippen LogP contribution in [0.4, 0.5) is 13.2 Å². The molecule has 1 aromatic heterocycles. The average molecular weight is 424 g/mol. The lowest BCUT2D eigenvalue weighted by Gasteiger charge is -2.18. The molecule has 1 atom stereocenters. The van der Waals surface area contributed by atoms with Crippen molar-refractivity contribution in [2.45, 2.75) is 26.1 Å². The van der Waals surface area contributed by atoms with Gasteiger partial charge in [-0.2, -0.15) is 18.2 Å². The summed E-state index contributed by atoms with van der Waals surface area (Å²) in [4.78, 5) is 16.9. The van der Waals surface area contributed by atoms with Gasteiger partial charge >= 0.3 is 6.18 Å². The van der Waals surface area contributed by atoms with Crippen molar-refractivity contribution < 1.29 is 22.5 Å². The number of benzene rings is 2. The first-order valence-electron chi connectivity index (χ1n) is 8.73. The molecule has 1 N–H and O–H groups in total. The molecule has 1 heterocycles. The van der Waals surface area contributed by atoms with Crippen LogP contribution in [0, 0.1) is 5.92 Å². The van der Waals surface area contributed by atoms with Crippen molar-refractivity contribution in [3.05, 3.63) is 70.6 Å². The summed E-state index contributed by atoms with van der Waals surface area (Å²) in [5, 5.41) is 7.25. The van der Waals surface area contributed by atoms with Gasteiger partial charge in [0, 0.05) is 16.1 Å². The van der Waals surface area contributed by atoms with Gasteiger partial charge in [-0.3, -0.25) is 4.79 Å². The molecule has 0 saturated heterocycles. The number of carbonyl (C=O) groups excluding carboxylic acids is 1. The molecule has 3 aromatic rings. The highest BCUT2D eigenvalue weighted by molar-refractivity contribution is 6.30. The minimum absolute atomic E-state index is 0.0982. The molecule has 0 saturated carbocycles. The number of alkyl halides is 3. The predicted molar refractivity (Wildman–Crippen MR) is 101 cm³/mol. The molecule has 1 amide bonds. The topological polar surface area (TPSA) is 68.0 Å². The van der Waals surface area contributed by atoms with Gasteiger partial charge in [-0.15, -0.1) is 0 Å². The van der Waals surface area contributed by atoms with Crippen molar-refractivity contribution in [3.8, 4) is 11.4 Å². The van der Waals surface area contributed by atoms with E-state index in [4.69, 9.17) is 16.1 Å². The van der Waals surface area contributed by atoms with Gasteiger partial charge in [-0.25, -0.2) is 0 Å². The number of amides is 1. The van der Waals surface area contributed by atoms with Crippen LogP contribution in [0.1, 0.15) is 41.7 Å². The van der Waals surface area contributed by atoms with Crippen LogP contribution in [-0.2, 0) is 6.18 Å². The lowest BCUT2D eigenvalue weighted by Crippen LogP contribution is -2.32. The maximum absolute atomic E-state index is 12.7. The van der Waals surface area contributed by atoms with Gasteiger partial charge in [-0.1, -0.05) is 30.6 Å². The molecule has 0 aliphatic rings. The van der Waals surface area contributed by atoms with Crippen molar-refractivity contribution in [3.63, 3.8) is 0 Å². The molecule has 9 heteroatoms. The molecule has 0 fully saturated rings. The summed E-state index contributed by atoms with van der Waals surface area (Å²) < 4.78 is 43.4. The number of nitrogens with one attached hydrogen (secondary N) is 1. The normalized spacial score (nSPS) is 12.8. The van der Waals surface area contributed by atoms with E-state index in [-0.39, 0.29) is 17.4 Å². The van der Waals surface area contributed by atoms with Gasteiger partial charge in [0.2, 0.25) is 11.7 Å². The molecule has 29 heavy (non-hydrogen) atoms. The van der Waals surface area contributed by atoms with Crippen molar-refractivity contribution >= 4 is 17.5 Å². The smallest absolute Gasteiger partial charge is 0.340 e. The molecule has 2 aromatic carbocycles. The molecule has 3 rings (SSSR count). The van der Waals surface area contributed by atoms with E-state index in [1.54, 1.807) is 24.3 Å². The third kappa shape index (κ3) is 4.95. The van der Waals surface area contributed by atoms with E-state index >= 15 is 0 Å². The lowest BCUT2D eigenvalue weighted by molar-refractivity contribution is -0.137. The fourth-order valence-corrected chi connectivity index (χ4v) is 2.75. The zero-order chi connectivity index (χ0) is 21.2. The Bertz CT molecular complexity index is 983. The Hall–Kier alpha value is -2.87. The number of carbonyl (C=O) groups is 1. The Morgan fingerprint density at radius 1 is 1.07 bits per heavy atom. The quantitative estimate of drug-likeness (QED) is 0.585. The van der Waals surface area contributed by atoms with E-state index in [9.17, 15) is 18.0 Å². The Morgan fingerprint density at radius 2 is 1.69 bits per heavy atom. The van der Waals surface area contributed by atoms with E-state index in [2.05, 4.69) is 15.5 Å². The number of hydrogen-bond acceptors (Lipinski definition) is 4. The SMILES string of the molecule is CC(C)C(NC(=O)c1ccc(C(F)(F)F)cc1)c1nc(-c2ccc(Cl)cc2)no1. The van der Waals surface area contributed by atoms with Gasteiger partial charge in [-0.05, 0) is 54.4 Å². The van der Waals surface area contributed by atoms with Gasteiger partial charge in [0.15, 0.2) is 0 Å². The highest BCUT2D eigenvalue weighted by Gasteiger charge is 2.30. The minimum atomic E-state index is -4.46. The van der Waals surface area contributed by atoms with Crippen LogP contribution >= 0.6 is 11.6 Å². The molecule has 152 valence electrons. The molecule has 5 nitrogen and oxygen atoms in total. The Balaban J connectivity index is 1.78. The van der Waals surface area contributed by atoms with E-state index in [0.29, 0.717) is 16.4 Å². The predicted octanol–water partition coefficient (Wildman–Crippen LogP) is 5.54. The van der Waals surface area contributed by atoms with Crippen LogP contribution in [0.3, 0.4) is 0 Å². The highest BCUT2D eigenvalue weighted by atomic mass is 35.5.